The van der Waals surface area contributed by atoms with Gasteiger partial charge in [-0.25, -0.2) is 4.79 Å². The molecule has 4 nitrogen and oxygen atoms in total. The van der Waals surface area contributed by atoms with E-state index >= 15 is 0 Å². The van der Waals surface area contributed by atoms with Gasteiger partial charge in [-0.3, -0.25) is 0 Å². The summed E-state index contributed by atoms with van der Waals surface area (Å²) in [7, 11) is 0. The minimum Gasteiger partial charge on any atom is -0.436 e. The maximum Gasteiger partial charge on any atom is 0.436 e. The van der Waals surface area contributed by atoms with Crippen LogP contribution in [0.3, 0.4) is 0 Å². The number of nitrogens with zero attached hydrogens (tertiary/aromatic N) is 1. The standard InChI is InChI=1S/C7H10N2O2/c8-6-5(4-2-1-3-4)11-7(10)9-6/h4-5H,1-3H2,(H2,8,9,10). The van der Waals surface area contributed by atoms with Crippen LogP contribution in [0, 0.1) is 5.92 Å². The zero-order chi connectivity index (χ0) is 7.84. The second-order valence-electron chi connectivity index (χ2n) is 3.03. The average molecular weight is 154 g/mol. The molecule has 0 spiro atoms. The van der Waals surface area contributed by atoms with Crippen LogP contribution in [0.2, 0.25) is 0 Å². The third-order valence-electron chi connectivity index (χ3n) is 2.32. The molecule has 2 N–H and O–H groups in total. The lowest BCUT2D eigenvalue weighted by molar-refractivity contribution is 0.0893. The molecule has 0 aromatic rings. The number of hydrogen-bond donors (Lipinski definition) is 1. The summed E-state index contributed by atoms with van der Waals surface area (Å²) in [6.45, 7) is 0. The van der Waals surface area contributed by atoms with Crippen molar-refractivity contribution in [2.75, 3.05) is 0 Å². The predicted molar refractivity (Wildman–Crippen MR) is 39.2 cm³/mol. The first-order valence-electron chi connectivity index (χ1n) is 3.82. The first-order valence-corrected chi connectivity index (χ1v) is 3.82. The smallest absolute Gasteiger partial charge is 0.436 e. The largest absolute Gasteiger partial charge is 0.436 e. The van der Waals surface area contributed by atoms with Gasteiger partial charge < -0.3 is 10.5 Å². The van der Waals surface area contributed by atoms with Crippen molar-refractivity contribution in [3.63, 3.8) is 0 Å². The third kappa shape index (κ3) is 0.982. The van der Waals surface area contributed by atoms with E-state index in [1.54, 1.807) is 0 Å². The highest BCUT2D eigenvalue weighted by molar-refractivity contribution is 5.99. The molecule has 1 aliphatic carbocycles. The third-order valence-corrected chi connectivity index (χ3v) is 2.32. The molecule has 1 saturated carbocycles. The number of amides is 1. The van der Waals surface area contributed by atoms with Gasteiger partial charge in [0.25, 0.3) is 0 Å². The topological polar surface area (TPSA) is 64.7 Å². The molecule has 1 unspecified atom stereocenters. The lowest BCUT2D eigenvalue weighted by Gasteiger charge is -2.29. The Morgan fingerprint density at radius 1 is 1.55 bits per heavy atom. The van der Waals surface area contributed by atoms with E-state index in [4.69, 9.17) is 10.5 Å². The summed E-state index contributed by atoms with van der Waals surface area (Å²) in [5, 5.41) is 0. The van der Waals surface area contributed by atoms with Gasteiger partial charge in [-0.15, -0.1) is 0 Å². The summed E-state index contributed by atoms with van der Waals surface area (Å²) in [5.41, 5.74) is 5.48. The van der Waals surface area contributed by atoms with E-state index < -0.39 is 6.09 Å². The molecule has 11 heavy (non-hydrogen) atoms. The molecule has 1 heterocycles. The van der Waals surface area contributed by atoms with Crippen molar-refractivity contribution >= 4 is 11.9 Å². The summed E-state index contributed by atoms with van der Waals surface area (Å²) in [4.78, 5) is 14.1. The molecule has 1 atom stereocenters. The summed E-state index contributed by atoms with van der Waals surface area (Å²) >= 11 is 0. The molecule has 2 aliphatic rings. The summed E-state index contributed by atoms with van der Waals surface area (Å²) in [6, 6.07) is 0. The number of aliphatic imine (C=N–C) groups is 1. The maximum atomic E-state index is 10.6. The van der Waals surface area contributed by atoms with Crippen molar-refractivity contribution in [2.24, 2.45) is 16.6 Å². The fourth-order valence-electron chi connectivity index (χ4n) is 1.44. The van der Waals surface area contributed by atoms with Gasteiger partial charge in [0.05, 0.1) is 0 Å². The van der Waals surface area contributed by atoms with Gasteiger partial charge in [0.1, 0.15) is 5.84 Å². The van der Waals surface area contributed by atoms with Gasteiger partial charge in [0.15, 0.2) is 6.10 Å². The predicted octanol–water partition coefficient (Wildman–Crippen LogP) is 0.662. The molecular formula is C7H10N2O2. The molecule has 0 aromatic carbocycles. The van der Waals surface area contributed by atoms with Crippen molar-refractivity contribution in [1.29, 1.82) is 0 Å². The van der Waals surface area contributed by atoms with E-state index in [2.05, 4.69) is 4.99 Å². The number of amidine groups is 1. The van der Waals surface area contributed by atoms with Gasteiger partial charge in [-0.1, -0.05) is 6.42 Å². The minimum atomic E-state index is -0.528. The Morgan fingerprint density at radius 3 is 2.64 bits per heavy atom. The molecule has 0 aromatic heterocycles. The Balaban J connectivity index is 2.05. The van der Waals surface area contributed by atoms with E-state index in [1.807, 2.05) is 0 Å². The first-order chi connectivity index (χ1) is 5.27. The van der Waals surface area contributed by atoms with Crippen LogP contribution < -0.4 is 5.73 Å². The number of cyclic esters (lactones) is 1. The van der Waals surface area contributed by atoms with Crippen LogP contribution in [0.5, 0.6) is 0 Å². The zero-order valence-electron chi connectivity index (χ0n) is 6.12. The Kier molecular flexibility index (Phi) is 1.34. The number of carbonyl (C=O) groups excluding carboxylic acids is 1. The Bertz CT molecular complexity index is 220. The fraction of sp³-hybridized carbons (Fsp3) is 0.714. The van der Waals surface area contributed by atoms with Crippen molar-refractivity contribution in [1.82, 2.24) is 0 Å². The molecule has 1 fully saturated rings. The Morgan fingerprint density at radius 2 is 2.27 bits per heavy atom. The minimum absolute atomic E-state index is 0.212. The number of ether oxygens (including phenoxy) is 1. The van der Waals surface area contributed by atoms with E-state index in [9.17, 15) is 4.79 Å². The lowest BCUT2D eigenvalue weighted by atomic mass is 9.81. The number of nitrogens with two attached hydrogens (primary N) is 1. The van der Waals surface area contributed by atoms with Crippen molar-refractivity contribution in [3.8, 4) is 0 Å². The highest BCUT2D eigenvalue weighted by Crippen LogP contribution is 2.32. The van der Waals surface area contributed by atoms with E-state index in [-0.39, 0.29) is 6.10 Å². The van der Waals surface area contributed by atoms with Crippen LogP contribution in [0.25, 0.3) is 0 Å². The van der Waals surface area contributed by atoms with Gasteiger partial charge in [0, 0.05) is 5.92 Å². The quantitative estimate of drug-likeness (QED) is 0.603. The van der Waals surface area contributed by atoms with E-state index in [0.717, 1.165) is 12.8 Å². The van der Waals surface area contributed by atoms with Crippen LogP contribution in [-0.2, 0) is 4.74 Å². The maximum absolute atomic E-state index is 10.6. The monoisotopic (exact) mass is 154 g/mol. The second kappa shape index (κ2) is 2.22. The molecule has 4 heteroatoms. The second-order valence-corrected chi connectivity index (χ2v) is 3.03. The van der Waals surface area contributed by atoms with E-state index in [0.29, 0.717) is 11.8 Å². The summed E-state index contributed by atoms with van der Waals surface area (Å²) < 4.78 is 4.91. The molecule has 60 valence electrons. The molecular weight excluding hydrogens is 144 g/mol. The highest BCUT2D eigenvalue weighted by atomic mass is 16.6. The van der Waals surface area contributed by atoms with Crippen LogP contribution in [-0.4, -0.2) is 18.0 Å². The molecule has 2 rings (SSSR count). The Labute approximate surface area is 64.4 Å². The molecule has 0 saturated heterocycles. The van der Waals surface area contributed by atoms with Crippen LogP contribution in [0.4, 0.5) is 4.79 Å². The fourth-order valence-corrected chi connectivity index (χ4v) is 1.44. The number of rotatable bonds is 1. The summed E-state index contributed by atoms with van der Waals surface area (Å²) in [6.07, 6.45) is 2.68. The van der Waals surface area contributed by atoms with Crippen molar-refractivity contribution in [2.45, 2.75) is 25.4 Å². The van der Waals surface area contributed by atoms with Crippen molar-refractivity contribution in [3.05, 3.63) is 0 Å². The SMILES string of the molecule is NC1=NC(=O)OC1C1CCC1. The normalized spacial score (nSPS) is 31.1. The Hall–Kier alpha value is -1.06. The van der Waals surface area contributed by atoms with Gasteiger partial charge in [-0.05, 0) is 12.8 Å². The highest BCUT2D eigenvalue weighted by Gasteiger charge is 2.36. The molecule has 1 aliphatic heterocycles. The number of carbonyl (C=O) groups is 1. The zero-order valence-corrected chi connectivity index (χ0v) is 6.12. The number of hydrogen-bond acceptors (Lipinski definition) is 3. The molecule has 1 amide bonds. The van der Waals surface area contributed by atoms with Crippen LogP contribution >= 0.6 is 0 Å². The first kappa shape index (κ1) is 6.64. The van der Waals surface area contributed by atoms with Gasteiger partial charge in [-0.2, -0.15) is 4.99 Å². The molecule has 0 radical (unpaired) electrons. The summed E-state index contributed by atoms with van der Waals surface area (Å²) in [5.74, 6) is 0.796. The van der Waals surface area contributed by atoms with E-state index in [1.165, 1.54) is 6.42 Å². The lowest BCUT2D eigenvalue weighted by Crippen LogP contribution is -2.37. The average Bonchev–Trinajstić information content (AvgIpc) is 2.07. The van der Waals surface area contributed by atoms with Crippen LogP contribution in [0.1, 0.15) is 19.3 Å². The molecule has 0 bridgehead atoms. The van der Waals surface area contributed by atoms with Crippen molar-refractivity contribution < 1.29 is 9.53 Å². The van der Waals surface area contributed by atoms with Gasteiger partial charge >= 0.3 is 6.09 Å². The van der Waals surface area contributed by atoms with Gasteiger partial charge in [0.2, 0.25) is 0 Å². The van der Waals surface area contributed by atoms with Crippen LogP contribution in [0.15, 0.2) is 4.99 Å².